The van der Waals surface area contributed by atoms with E-state index in [1.54, 1.807) is 12.0 Å². The Kier molecular flexibility index (Phi) is 7.71. The van der Waals surface area contributed by atoms with Crippen molar-refractivity contribution in [3.05, 3.63) is 58.4 Å². The summed E-state index contributed by atoms with van der Waals surface area (Å²) in [6.07, 6.45) is 0.287. The van der Waals surface area contributed by atoms with Crippen molar-refractivity contribution in [1.29, 1.82) is 5.26 Å². The maximum Gasteiger partial charge on any atom is 0.410 e. The Morgan fingerprint density at radius 2 is 1.90 bits per heavy atom. The van der Waals surface area contributed by atoms with Gasteiger partial charge in [0, 0.05) is 30.1 Å². The van der Waals surface area contributed by atoms with Crippen molar-refractivity contribution in [3.63, 3.8) is 0 Å². The highest BCUT2D eigenvalue weighted by Crippen LogP contribution is 2.41. The summed E-state index contributed by atoms with van der Waals surface area (Å²) in [4.78, 5) is 23.5. The summed E-state index contributed by atoms with van der Waals surface area (Å²) in [5.74, 6) is 1.76. The number of nitrogens with one attached hydrogen (secondary N) is 1. The summed E-state index contributed by atoms with van der Waals surface area (Å²) in [5, 5.41) is 25.5. The summed E-state index contributed by atoms with van der Waals surface area (Å²) < 4.78 is 11.2. The first-order chi connectivity index (χ1) is 18.3. The molecule has 9 heteroatoms. The van der Waals surface area contributed by atoms with Gasteiger partial charge in [-0.1, -0.05) is 12.1 Å². The number of aromatic nitrogens is 2. The fraction of sp³-hybridized carbons (Fsp3) is 0.467. The van der Waals surface area contributed by atoms with E-state index in [0.29, 0.717) is 60.0 Å². The fourth-order valence-corrected chi connectivity index (χ4v) is 5.10. The molecule has 1 aliphatic heterocycles. The summed E-state index contributed by atoms with van der Waals surface area (Å²) in [6.45, 7) is 12.0. The number of carbonyl (C=O) groups excluding carboxylic acids is 1. The van der Waals surface area contributed by atoms with Gasteiger partial charge in [0.15, 0.2) is 0 Å². The largest absolute Gasteiger partial charge is 0.496 e. The number of anilines is 1. The minimum absolute atomic E-state index is 0.137. The van der Waals surface area contributed by atoms with E-state index >= 15 is 0 Å². The number of hydrogen-bond donors (Lipinski definition) is 2. The SMILES string of the molecule is COc1cc2nc(C)nc(NC(C)c3cccc(C#N)c3C)c2cc1C1(O)CCN(C(=O)OC(C)(C)C)CC1. The third-order valence-corrected chi connectivity index (χ3v) is 7.19. The molecule has 1 atom stereocenters. The minimum atomic E-state index is -1.20. The quantitative estimate of drug-likeness (QED) is 0.442. The molecule has 1 aromatic heterocycles. The molecule has 0 saturated carbocycles. The van der Waals surface area contributed by atoms with Crippen LogP contribution in [0.4, 0.5) is 10.6 Å². The second-order valence-corrected chi connectivity index (χ2v) is 11.2. The van der Waals surface area contributed by atoms with Gasteiger partial charge in [0.1, 0.15) is 23.0 Å². The predicted octanol–water partition coefficient (Wildman–Crippen LogP) is 5.52. The number of aryl methyl sites for hydroxylation is 1. The normalized spacial score (nSPS) is 15.9. The Balaban J connectivity index is 1.68. The molecule has 0 spiro atoms. The van der Waals surface area contributed by atoms with Crippen LogP contribution in [0.25, 0.3) is 10.9 Å². The van der Waals surface area contributed by atoms with Crippen LogP contribution >= 0.6 is 0 Å². The van der Waals surface area contributed by atoms with Gasteiger partial charge >= 0.3 is 6.09 Å². The van der Waals surface area contributed by atoms with Gasteiger partial charge in [-0.3, -0.25) is 0 Å². The van der Waals surface area contributed by atoms with E-state index in [1.807, 2.05) is 71.9 Å². The molecule has 0 bridgehead atoms. The zero-order valence-electron chi connectivity index (χ0n) is 23.8. The van der Waals surface area contributed by atoms with Crippen molar-refractivity contribution in [2.45, 2.75) is 71.6 Å². The smallest absolute Gasteiger partial charge is 0.410 e. The molecule has 3 aromatic rings. The molecular formula is C30H37N5O4. The van der Waals surface area contributed by atoms with E-state index < -0.39 is 11.2 Å². The molecule has 1 unspecified atom stereocenters. The monoisotopic (exact) mass is 531 g/mol. The lowest BCUT2D eigenvalue weighted by atomic mass is 9.83. The van der Waals surface area contributed by atoms with Crippen LogP contribution in [0.3, 0.4) is 0 Å². The van der Waals surface area contributed by atoms with E-state index in [1.165, 1.54) is 0 Å². The maximum absolute atomic E-state index is 12.6. The third-order valence-electron chi connectivity index (χ3n) is 7.19. The number of rotatable bonds is 5. The maximum atomic E-state index is 12.6. The number of likely N-dealkylation sites (tertiary alicyclic amines) is 1. The topological polar surface area (TPSA) is 121 Å². The van der Waals surface area contributed by atoms with E-state index in [0.717, 1.165) is 16.5 Å². The molecule has 4 rings (SSSR count). The molecule has 39 heavy (non-hydrogen) atoms. The molecule has 206 valence electrons. The number of nitrogens with zero attached hydrogens (tertiary/aromatic N) is 4. The number of methoxy groups -OCH3 is 1. The molecule has 2 heterocycles. The van der Waals surface area contributed by atoms with Gasteiger partial charge in [0.2, 0.25) is 0 Å². The minimum Gasteiger partial charge on any atom is -0.496 e. The Labute approximate surface area is 229 Å². The van der Waals surface area contributed by atoms with Crippen molar-refractivity contribution in [2.75, 3.05) is 25.5 Å². The van der Waals surface area contributed by atoms with Crippen LogP contribution in [-0.4, -0.2) is 51.9 Å². The van der Waals surface area contributed by atoms with Crippen LogP contribution in [0.15, 0.2) is 30.3 Å². The number of amides is 1. The van der Waals surface area contributed by atoms with Crippen molar-refractivity contribution in [3.8, 4) is 11.8 Å². The number of ether oxygens (including phenoxy) is 2. The number of fused-ring (bicyclic) bond motifs is 1. The van der Waals surface area contributed by atoms with Gasteiger partial charge in [-0.25, -0.2) is 14.8 Å². The van der Waals surface area contributed by atoms with E-state index in [4.69, 9.17) is 14.5 Å². The summed E-state index contributed by atoms with van der Waals surface area (Å²) in [7, 11) is 1.57. The van der Waals surface area contributed by atoms with Crippen LogP contribution in [0, 0.1) is 25.2 Å². The van der Waals surface area contributed by atoms with Gasteiger partial charge < -0.3 is 24.8 Å². The Morgan fingerprint density at radius 1 is 1.21 bits per heavy atom. The number of carbonyl (C=O) groups is 1. The molecule has 0 radical (unpaired) electrons. The Bertz CT molecular complexity index is 1430. The molecule has 2 aromatic carbocycles. The lowest BCUT2D eigenvalue weighted by Gasteiger charge is -2.39. The molecule has 1 amide bonds. The Morgan fingerprint density at radius 3 is 2.51 bits per heavy atom. The third kappa shape index (κ3) is 5.91. The molecule has 1 aliphatic rings. The van der Waals surface area contributed by atoms with Crippen LogP contribution in [0.1, 0.15) is 74.7 Å². The number of aliphatic hydroxyl groups is 1. The molecule has 0 aliphatic carbocycles. The van der Waals surface area contributed by atoms with Gasteiger partial charge in [0.25, 0.3) is 0 Å². The molecule has 1 saturated heterocycles. The highest BCUT2D eigenvalue weighted by Gasteiger charge is 2.39. The van der Waals surface area contributed by atoms with Crippen molar-refractivity contribution in [2.24, 2.45) is 0 Å². The standard InChI is InChI=1S/C30H37N5O4/c1-18-21(17-31)9-8-10-22(18)19(2)32-27-23-15-24(26(38-7)16-25(23)33-20(3)34-27)30(37)11-13-35(14-12-30)28(36)39-29(4,5)6/h8-10,15-16,19,37H,11-14H2,1-7H3,(H,32,33,34). The molecular weight excluding hydrogens is 494 g/mol. The highest BCUT2D eigenvalue weighted by atomic mass is 16.6. The van der Waals surface area contributed by atoms with Gasteiger partial charge in [-0.2, -0.15) is 5.26 Å². The van der Waals surface area contributed by atoms with E-state index in [-0.39, 0.29) is 12.1 Å². The average Bonchev–Trinajstić information content (AvgIpc) is 2.87. The van der Waals surface area contributed by atoms with Gasteiger partial charge in [-0.15, -0.1) is 0 Å². The fourth-order valence-electron chi connectivity index (χ4n) is 5.10. The lowest BCUT2D eigenvalue weighted by Crippen LogP contribution is -2.46. The number of benzene rings is 2. The van der Waals surface area contributed by atoms with Crippen molar-refractivity contribution in [1.82, 2.24) is 14.9 Å². The van der Waals surface area contributed by atoms with Crippen molar-refractivity contribution < 1.29 is 19.4 Å². The zero-order valence-corrected chi connectivity index (χ0v) is 23.8. The second-order valence-electron chi connectivity index (χ2n) is 11.2. The van der Waals surface area contributed by atoms with Crippen LogP contribution in [-0.2, 0) is 10.3 Å². The van der Waals surface area contributed by atoms with E-state index in [9.17, 15) is 15.2 Å². The highest BCUT2D eigenvalue weighted by molar-refractivity contribution is 5.91. The summed E-state index contributed by atoms with van der Waals surface area (Å²) in [6, 6.07) is 11.5. The number of hydrogen-bond acceptors (Lipinski definition) is 8. The first-order valence-corrected chi connectivity index (χ1v) is 13.2. The average molecular weight is 532 g/mol. The first kappa shape index (κ1) is 28.1. The lowest BCUT2D eigenvalue weighted by molar-refractivity contribution is -0.0366. The predicted molar refractivity (Wildman–Crippen MR) is 150 cm³/mol. The second kappa shape index (κ2) is 10.7. The molecule has 9 nitrogen and oxygen atoms in total. The summed E-state index contributed by atoms with van der Waals surface area (Å²) >= 11 is 0. The number of piperidine rings is 1. The number of nitriles is 1. The molecule has 1 fully saturated rings. The Hall–Kier alpha value is -3.90. The van der Waals surface area contributed by atoms with E-state index in [2.05, 4.69) is 16.4 Å². The molecule has 2 N–H and O–H groups in total. The first-order valence-electron chi connectivity index (χ1n) is 13.2. The zero-order chi connectivity index (χ0) is 28.5. The van der Waals surface area contributed by atoms with Crippen LogP contribution < -0.4 is 10.1 Å². The van der Waals surface area contributed by atoms with Crippen molar-refractivity contribution >= 4 is 22.8 Å². The van der Waals surface area contributed by atoms with Gasteiger partial charge in [0.05, 0.1) is 35.9 Å². The van der Waals surface area contributed by atoms with Crippen LogP contribution in [0.5, 0.6) is 5.75 Å². The van der Waals surface area contributed by atoms with Gasteiger partial charge in [-0.05, 0) is 77.6 Å². The summed E-state index contributed by atoms with van der Waals surface area (Å²) in [5.41, 5.74) is 2.09. The van der Waals surface area contributed by atoms with Crippen LogP contribution in [0.2, 0.25) is 0 Å².